The summed E-state index contributed by atoms with van der Waals surface area (Å²) in [6, 6.07) is 3.86. The molecular weight excluding hydrogens is 358 g/mol. The average Bonchev–Trinajstić information content (AvgIpc) is 2.45. The molecule has 1 aromatic rings. The van der Waals surface area contributed by atoms with Crippen LogP contribution in [0.4, 0.5) is 0 Å². The Balaban J connectivity index is 2.70. The van der Waals surface area contributed by atoms with Crippen molar-refractivity contribution in [2.45, 2.75) is 19.9 Å². The Morgan fingerprint density at radius 2 is 2.05 bits per heavy atom. The van der Waals surface area contributed by atoms with Crippen LogP contribution in [-0.2, 0) is 16.4 Å². The van der Waals surface area contributed by atoms with Crippen LogP contribution in [0.5, 0.6) is 11.5 Å². The molecule has 0 atom stereocenters. The van der Waals surface area contributed by atoms with Crippen molar-refractivity contribution in [3.8, 4) is 11.5 Å². The van der Waals surface area contributed by atoms with Gasteiger partial charge in [0.2, 0.25) is 0 Å². The molecular formula is C14H22BrNO4S. The van der Waals surface area contributed by atoms with Gasteiger partial charge in [0, 0.05) is 12.3 Å². The number of hydrogen-bond acceptors (Lipinski definition) is 5. The summed E-state index contributed by atoms with van der Waals surface area (Å²) in [4.78, 5) is 0. The van der Waals surface area contributed by atoms with Crippen LogP contribution in [0, 0.1) is 0 Å². The lowest BCUT2D eigenvalue weighted by molar-refractivity contribution is 0.292. The lowest BCUT2D eigenvalue weighted by Crippen LogP contribution is -2.12. The predicted molar refractivity (Wildman–Crippen MR) is 87.9 cm³/mol. The topological polar surface area (TPSA) is 64.6 Å². The van der Waals surface area contributed by atoms with Crippen molar-refractivity contribution in [1.29, 1.82) is 0 Å². The van der Waals surface area contributed by atoms with Gasteiger partial charge in [0.15, 0.2) is 11.5 Å². The van der Waals surface area contributed by atoms with E-state index in [1.54, 1.807) is 14.0 Å². The van der Waals surface area contributed by atoms with E-state index in [1.165, 1.54) is 0 Å². The number of rotatable bonds is 9. The Morgan fingerprint density at radius 3 is 2.62 bits per heavy atom. The van der Waals surface area contributed by atoms with Crippen LogP contribution in [0.2, 0.25) is 0 Å². The lowest BCUT2D eigenvalue weighted by Gasteiger charge is -2.14. The molecule has 1 aromatic carbocycles. The molecule has 0 saturated carbocycles. The molecule has 1 rings (SSSR count). The number of hydrogen-bond donors (Lipinski definition) is 1. The van der Waals surface area contributed by atoms with E-state index in [1.807, 2.05) is 19.2 Å². The number of methoxy groups -OCH3 is 1. The van der Waals surface area contributed by atoms with Crippen LogP contribution in [0.25, 0.3) is 0 Å². The summed E-state index contributed by atoms with van der Waals surface area (Å²) in [5.74, 6) is 1.54. The number of benzene rings is 1. The summed E-state index contributed by atoms with van der Waals surface area (Å²) in [6.45, 7) is 2.71. The zero-order valence-electron chi connectivity index (χ0n) is 12.6. The number of nitrogens with one attached hydrogen (secondary N) is 1. The van der Waals surface area contributed by atoms with Gasteiger partial charge in [-0.05, 0) is 47.1 Å². The van der Waals surface area contributed by atoms with E-state index in [2.05, 4.69) is 21.2 Å². The third-order valence-electron chi connectivity index (χ3n) is 2.96. The van der Waals surface area contributed by atoms with E-state index in [-0.39, 0.29) is 11.5 Å². The summed E-state index contributed by atoms with van der Waals surface area (Å²) in [7, 11) is 0.512. The number of halogens is 1. The summed E-state index contributed by atoms with van der Waals surface area (Å²) >= 11 is 3.46. The molecule has 0 aliphatic rings. The van der Waals surface area contributed by atoms with E-state index in [0.717, 1.165) is 16.6 Å². The molecule has 0 radical (unpaired) electrons. The van der Waals surface area contributed by atoms with Gasteiger partial charge in [-0.1, -0.05) is 6.92 Å². The number of ether oxygens (including phenoxy) is 2. The van der Waals surface area contributed by atoms with Gasteiger partial charge in [-0.15, -0.1) is 0 Å². The Kier molecular flexibility index (Phi) is 7.48. The zero-order chi connectivity index (χ0) is 15.9. The highest BCUT2D eigenvalue weighted by Gasteiger charge is 2.12. The second-order valence-corrected chi connectivity index (χ2v) is 7.90. The molecule has 0 heterocycles. The minimum Gasteiger partial charge on any atom is -0.493 e. The van der Waals surface area contributed by atoms with Gasteiger partial charge >= 0.3 is 0 Å². The second-order valence-electron chi connectivity index (χ2n) is 4.58. The normalized spacial score (nSPS) is 11.4. The molecule has 0 amide bonds. The third-order valence-corrected chi connectivity index (χ3v) is 5.34. The Hall–Kier alpha value is -0.790. The molecule has 1 N–H and O–H groups in total. The monoisotopic (exact) mass is 379 g/mol. The average molecular weight is 380 g/mol. The maximum atomic E-state index is 11.4. The van der Waals surface area contributed by atoms with Crippen molar-refractivity contribution in [1.82, 2.24) is 5.32 Å². The molecule has 0 spiro atoms. The summed E-state index contributed by atoms with van der Waals surface area (Å²) in [6.07, 6.45) is 0.462. The van der Waals surface area contributed by atoms with Gasteiger partial charge in [-0.25, -0.2) is 8.42 Å². The maximum absolute atomic E-state index is 11.4. The largest absolute Gasteiger partial charge is 0.493 e. The van der Waals surface area contributed by atoms with Crippen LogP contribution in [0.3, 0.4) is 0 Å². The van der Waals surface area contributed by atoms with E-state index >= 15 is 0 Å². The fourth-order valence-corrected chi connectivity index (χ4v) is 3.27. The SMILES string of the molecule is CCS(=O)(=O)CCCOc1c(Br)cc(CNC)cc1OC. The fourth-order valence-electron chi connectivity index (χ4n) is 1.82. The Bertz CT molecular complexity index is 560. The molecule has 0 aromatic heterocycles. The molecule has 0 bridgehead atoms. The molecule has 0 aliphatic heterocycles. The highest BCUT2D eigenvalue weighted by atomic mass is 79.9. The molecule has 7 heteroatoms. The smallest absolute Gasteiger partial charge is 0.175 e. The van der Waals surface area contributed by atoms with Crippen molar-refractivity contribution in [2.24, 2.45) is 0 Å². The van der Waals surface area contributed by atoms with Gasteiger partial charge in [-0.2, -0.15) is 0 Å². The van der Waals surface area contributed by atoms with Crippen molar-refractivity contribution < 1.29 is 17.9 Å². The van der Waals surface area contributed by atoms with Crippen LogP contribution >= 0.6 is 15.9 Å². The first-order valence-corrected chi connectivity index (χ1v) is 9.39. The van der Waals surface area contributed by atoms with E-state index in [0.29, 0.717) is 24.5 Å². The first-order valence-electron chi connectivity index (χ1n) is 6.77. The van der Waals surface area contributed by atoms with Crippen molar-refractivity contribution >= 4 is 25.8 Å². The zero-order valence-corrected chi connectivity index (χ0v) is 15.0. The maximum Gasteiger partial charge on any atom is 0.175 e. The molecule has 0 fully saturated rings. The molecule has 21 heavy (non-hydrogen) atoms. The first kappa shape index (κ1) is 18.3. The van der Waals surface area contributed by atoms with Gasteiger partial charge in [0.05, 0.1) is 23.9 Å². The highest BCUT2D eigenvalue weighted by molar-refractivity contribution is 9.10. The van der Waals surface area contributed by atoms with Crippen molar-refractivity contribution in [3.63, 3.8) is 0 Å². The molecule has 0 aliphatic carbocycles. The summed E-state index contributed by atoms with van der Waals surface area (Å²) < 4.78 is 34.6. The lowest BCUT2D eigenvalue weighted by atomic mass is 10.2. The highest BCUT2D eigenvalue weighted by Crippen LogP contribution is 2.36. The molecule has 0 unspecified atom stereocenters. The second kappa shape index (κ2) is 8.60. The third kappa shape index (κ3) is 5.84. The molecule has 0 saturated heterocycles. The van der Waals surface area contributed by atoms with E-state index in [9.17, 15) is 8.42 Å². The summed E-state index contributed by atoms with van der Waals surface area (Å²) in [5, 5.41) is 3.07. The van der Waals surface area contributed by atoms with Crippen LogP contribution in [-0.4, -0.2) is 40.7 Å². The van der Waals surface area contributed by atoms with Gasteiger partial charge in [0.1, 0.15) is 9.84 Å². The van der Waals surface area contributed by atoms with Crippen LogP contribution in [0.15, 0.2) is 16.6 Å². The van der Waals surface area contributed by atoms with E-state index < -0.39 is 9.84 Å². The van der Waals surface area contributed by atoms with Gasteiger partial charge in [0.25, 0.3) is 0 Å². The van der Waals surface area contributed by atoms with Crippen molar-refractivity contribution in [2.75, 3.05) is 32.3 Å². The molecule has 5 nitrogen and oxygen atoms in total. The van der Waals surface area contributed by atoms with Gasteiger partial charge < -0.3 is 14.8 Å². The summed E-state index contributed by atoms with van der Waals surface area (Å²) in [5.41, 5.74) is 1.07. The van der Waals surface area contributed by atoms with Crippen LogP contribution < -0.4 is 14.8 Å². The van der Waals surface area contributed by atoms with E-state index in [4.69, 9.17) is 9.47 Å². The standard InChI is InChI=1S/C14H22BrNO4S/c1-4-21(17,18)7-5-6-20-14-12(15)8-11(10-16-2)9-13(14)19-3/h8-9,16H,4-7,10H2,1-3H3. The number of sulfone groups is 1. The first-order chi connectivity index (χ1) is 9.93. The minimum atomic E-state index is -2.95. The fraction of sp³-hybridized carbons (Fsp3) is 0.571. The predicted octanol–water partition coefficient (Wildman–Crippen LogP) is 2.38. The minimum absolute atomic E-state index is 0.140. The quantitative estimate of drug-likeness (QED) is 0.667. The van der Waals surface area contributed by atoms with Gasteiger partial charge in [-0.3, -0.25) is 0 Å². The Labute approximate surface area is 135 Å². The van der Waals surface area contributed by atoms with Crippen LogP contribution in [0.1, 0.15) is 18.9 Å². The Morgan fingerprint density at radius 1 is 1.33 bits per heavy atom. The van der Waals surface area contributed by atoms with Crippen molar-refractivity contribution in [3.05, 3.63) is 22.2 Å². The molecule has 120 valence electrons.